The molecule has 2 rings (SSSR count). The molecule has 1 aliphatic heterocycles. The lowest BCUT2D eigenvalue weighted by Gasteiger charge is -2.15. The van der Waals surface area contributed by atoms with E-state index in [2.05, 4.69) is 15.9 Å². The van der Waals surface area contributed by atoms with Crippen molar-refractivity contribution in [3.8, 4) is 0 Å². The molecule has 1 aromatic carbocycles. The van der Waals surface area contributed by atoms with Crippen molar-refractivity contribution in [2.45, 2.75) is 12.5 Å². The minimum absolute atomic E-state index is 0.00716. The van der Waals surface area contributed by atoms with E-state index in [1.54, 1.807) is 6.07 Å². The minimum atomic E-state index is -0.759. The number of benzene rings is 1. The summed E-state index contributed by atoms with van der Waals surface area (Å²) in [6.07, 6.45) is -0.751. The third kappa shape index (κ3) is 2.29. The zero-order valence-corrected chi connectivity index (χ0v) is 10.3. The number of rotatable bonds is 2. The Kier molecular flexibility index (Phi) is 3.12. The molecule has 1 N–H and O–H groups in total. The highest BCUT2D eigenvalue weighted by Gasteiger charge is 2.33. The number of β-amino-alcohol motifs (C(OH)–C–C–N with tert-alkyl or cyclic N) is 1. The molecule has 0 aliphatic carbocycles. The second-order valence-corrected chi connectivity index (χ2v) is 4.67. The molecule has 1 unspecified atom stereocenters. The van der Waals surface area contributed by atoms with Gasteiger partial charge in [0.1, 0.15) is 5.69 Å². The number of aliphatic hydroxyl groups is 1. The summed E-state index contributed by atoms with van der Waals surface area (Å²) in [6, 6.07) is 4.46. The number of carbonyl (C=O) groups excluding carboxylic acids is 1. The van der Waals surface area contributed by atoms with Crippen LogP contribution >= 0.6 is 15.9 Å². The number of nitrogens with zero attached hydrogens (tertiary/aromatic N) is 2. The van der Waals surface area contributed by atoms with E-state index < -0.39 is 11.0 Å². The first-order chi connectivity index (χ1) is 7.99. The lowest BCUT2D eigenvalue weighted by atomic mass is 10.2. The number of halogens is 1. The van der Waals surface area contributed by atoms with E-state index in [9.17, 15) is 20.0 Å². The van der Waals surface area contributed by atoms with Crippen molar-refractivity contribution < 1.29 is 14.8 Å². The van der Waals surface area contributed by atoms with Crippen LogP contribution in [0.2, 0.25) is 0 Å². The molecule has 0 aromatic heterocycles. The van der Waals surface area contributed by atoms with Gasteiger partial charge in [-0.05, 0) is 12.1 Å². The maximum Gasteiger partial charge on any atom is 0.294 e. The van der Waals surface area contributed by atoms with Gasteiger partial charge >= 0.3 is 0 Å². The maximum absolute atomic E-state index is 11.6. The molecule has 6 nitrogen and oxygen atoms in total. The number of carbonyl (C=O) groups is 1. The summed E-state index contributed by atoms with van der Waals surface area (Å²) in [5.41, 5.74) is 0.0709. The van der Waals surface area contributed by atoms with E-state index in [0.717, 1.165) is 0 Å². The number of hydrogen-bond donors (Lipinski definition) is 1. The van der Waals surface area contributed by atoms with Gasteiger partial charge in [0, 0.05) is 10.5 Å². The SMILES string of the molecule is O=C1CC(O)CN1c1ccc(Br)cc1[N+](=O)[O-]. The average Bonchev–Trinajstić information content (AvgIpc) is 2.57. The van der Waals surface area contributed by atoms with Crippen molar-refractivity contribution in [2.75, 3.05) is 11.4 Å². The Morgan fingerprint density at radius 1 is 1.53 bits per heavy atom. The molecule has 1 aromatic rings. The molecule has 1 heterocycles. The van der Waals surface area contributed by atoms with E-state index in [0.29, 0.717) is 4.47 Å². The van der Waals surface area contributed by atoms with Crippen molar-refractivity contribution in [3.05, 3.63) is 32.8 Å². The van der Waals surface area contributed by atoms with Gasteiger partial charge < -0.3 is 10.0 Å². The summed E-state index contributed by atoms with van der Waals surface area (Å²) in [4.78, 5) is 23.2. The quantitative estimate of drug-likeness (QED) is 0.662. The molecule has 0 bridgehead atoms. The van der Waals surface area contributed by atoms with E-state index >= 15 is 0 Å². The van der Waals surface area contributed by atoms with Crippen LogP contribution in [0.15, 0.2) is 22.7 Å². The molecule has 1 amide bonds. The van der Waals surface area contributed by atoms with E-state index in [-0.39, 0.29) is 30.2 Å². The molecule has 7 heteroatoms. The summed E-state index contributed by atoms with van der Waals surface area (Å²) < 4.78 is 0.570. The van der Waals surface area contributed by atoms with Crippen molar-refractivity contribution in [1.82, 2.24) is 0 Å². The lowest BCUT2D eigenvalue weighted by Crippen LogP contribution is -2.26. The third-order valence-electron chi connectivity index (χ3n) is 2.53. The maximum atomic E-state index is 11.6. The number of anilines is 1. The topological polar surface area (TPSA) is 83.7 Å². The van der Waals surface area contributed by atoms with Crippen molar-refractivity contribution in [3.63, 3.8) is 0 Å². The fourth-order valence-electron chi connectivity index (χ4n) is 1.79. The van der Waals surface area contributed by atoms with Gasteiger partial charge in [-0.2, -0.15) is 0 Å². The molecule has 90 valence electrons. The third-order valence-corrected chi connectivity index (χ3v) is 3.02. The molecule has 0 radical (unpaired) electrons. The average molecular weight is 301 g/mol. The van der Waals surface area contributed by atoms with Gasteiger partial charge in [0.05, 0.1) is 24.0 Å². The number of aliphatic hydroxyl groups excluding tert-OH is 1. The molecule has 1 fully saturated rings. The van der Waals surface area contributed by atoms with Gasteiger partial charge in [0.25, 0.3) is 5.69 Å². The smallest absolute Gasteiger partial charge is 0.294 e. The molecule has 0 saturated carbocycles. The first kappa shape index (κ1) is 12.0. The Morgan fingerprint density at radius 3 is 2.76 bits per heavy atom. The summed E-state index contributed by atoms with van der Waals surface area (Å²) >= 11 is 3.14. The predicted molar refractivity (Wildman–Crippen MR) is 63.8 cm³/mol. The summed E-state index contributed by atoms with van der Waals surface area (Å²) in [5, 5.41) is 20.3. The first-order valence-corrected chi connectivity index (χ1v) is 5.70. The Bertz CT molecular complexity index is 491. The number of amides is 1. The van der Waals surface area contributed by atoms with Crippen LogP contribution in [-0.2, 0) is 4.79 Å². The van der Waals surface area contributed by atoms with Crippen LogP contribution in [-0.4, -0.2) is 28.6 Å². The van der Waals surface area contributed by atoms with Crippen molar-refractivity contribution in [2.24, 2.45) is 0 Å². The first-order valence-electron chi connectivity index (χ1n) is 4.91. The molecule has 1 saturated heterocycles. The highest BCUT2D eigenvalue weighted by Crippen LogP contribution is 2.33. The molecular weight excluding hydrogens is 292 g/mol. The van der Waals surface area contributed by atoms with Gasteiger partial charge in [-0.25, -0.2) is 0 Å². The second-order valence-electron chi connectivity index (χ2n) is 3.75. The van der Waals surface area contributed by atoms with Crippen LogP contribution in [0, 0.1) is 10.1 Å². The molecule has 17 heavy (non-hydrogen) atoms. The summed E-state index contributed by atoms with van der Waals surface area (Å²) in [6.45, 7) is 0.0985. The van der Waals surface area contributed by atoms with Crippen LogP contribution < -0.4 is 4.90 Å². The van der Waals surface area contributed by atoms with Crippen LogP contribution in [0.3, 0.4) is 0 Å². The lowest BCUT2D eigenvalue weighted by molar-refractivity contribution is -0.384. The Morgan fingerprint density at radius 2 is 2.24 bits per heavy atom. The van der Waals surface area contributed by atoms with E-state index in [1.807, 2.05) is 0 Å². The van der Waals surface area contributed by atoms with Crippen molar-refractivity contribution in [1.29, 1.82) is 0 Å². The minimum Gasteiger partial charge on any atom is -0.391 e. The van der Waals surface area contributed by atoms with Gasteiger partial charge in [-0.1, -0.05) is 15.9 Å². The zero-order valence-electron chi connectivity index (χ0n) is 8.67. The molecular formula is C10H9BrN2O4. The predicted octanol–water partition coefficient (Wildman–Crippen LogP) is 1.45. The number of nitro groups is 1. The monoisotopic (exact) mass is 300 g/mol. The molecule has 1 aliphatic rings. The fraction of sp³-hybridized carbons (Fsp3) is 0.300. The highest BCUT2D eigenvalue weighted by molar-refractivity contribution is 9.10. The molecule has 1 atom stereocenters. The zero-order chi connectivity index (χ0) is 12.6. The van der Waals surface area contributed by atoms with Crippen molar-refractivity contribution >= 4 is 33.2 Å². The summed E-state index contributed by atoms with van der Waals surface area (Å²) in [5.74, 6) is -0.303. The molecule has 0 spiro atoms. The Hall–Kier alpha value is -1.47. The van der Waals surface area contributed by atoms with Gasteiger partial charge in [-0.15, -0.1) is 0 Å². The highest BCUT2D eigenvalue weighted by atomic mass is 79.9. The van der Waals surface area contributed by atoms with Crippen LogP contribution in [0.25, 0.3) is 0 Å². The van der Waals surface area contributed by atoms with Gasteiger partial charge in [0.2, 0.25) is 5.91 Å². The standard InChI is InChI=1S/C10H9BrN2O4/c11-6-1-2-8(9(3-6)13(16)17)12-5-7(14)4-10(12)15/h1-3,7,14H,4-5H2. The Labute approximate surface area is 105 Å². The normalized spacial score (nSPS) is 19.8. The Balaban J connectivity index is 2.45. The van der Waals surface area contributed by atoms with Gasteiger partial charge in [0.15, 0.2) is 0 Å². The van der Waals surface area contributed by atoms with E-state index in [4.69, 9.17) is 0 Å². The van der Waals surface area contributed by atoms with E-state index in [1.165, 1.54) is 17.0 Å². The van der Waals surface area contributed by atoms with Crippen LogP contribution in [0.5, 0.6) is 0 Å². The number of nitro benzene ring substituents is 1. The van der Waals surface area contributed by atoms with Crippen LogP contribution in [0.1, 0.15) is 6.42 Å². The number of hydrogen-bond acceptors (Lipinski definition) is 4. The fourth-order valence-corrected chi connectivity index (χ4v) is 2.14. The largest absolute Gasteiger partial charge is 0.391 e. The second kappa shape index (κ2) is 4.42. The van der Waals surface area contributed by atoms with Crippen LogP contribution in [0.4, 0.5) is 11.4 Å². The summed E-state index contributed by atoms with van der Waals surface area (Å²) in [7, 11) is 0. The van der Waals surface area contributed by atoms with Gasteiger partial charge in [-0.3, -0.25) is 14.9 Å².